The lowest BCUT2D eigenvalue weighted by molar-refractivity contribution is 0.412. The minimum absolute atomic E-state index is 0.103. The zero-order valence-electron chi connectivity index (χ0n) is 17.8. The van der Waals surface area contributed by atoms with Gasteiger partial charge in [0, 0.05) is 17.0 Å². The molecule has 0 aliphatic rings. The monoisotopic (exact) mass is 412 g/mol. The highest BCUT2D eigenvalue weighted by Crippen LogP contribution is 2.26. The van der Waals surface area contributed by atoms with Crippen LogP contribution >= 0.6 is 0 Å². The topological polar surface area (TPSA) is 63.8 Å². The van der Waals surface area contributed by atoms with Crippen LogP contribution in [0.3, 0.4) is 0 Å². The Bertz CT molecular complexity index is 1340. The number of fused-ring (bicyclic) bond motifs is 1. The van der Waals surface area contributed by atoms with Gasteiger partial charge in [-0.25, -0.2) is 0 Å². The van der Waals surface area contributed by atoms with Crippen LogP contribution in [0.2, 0.25) is 0 Å². The van der Waals surface area contributed by atoms with Crippen LogP contribution in [0.4, 0.5) is 5.69 Å². The summed E-state index contributed by atoms with van der Waals surface area (Å²) in [5, 5.41) is 12.3. The molecule has 0 fully saturated rings. The third-order valence-electron chi connectivity index (χ3n) is 5.60. The van der Waals surface area contributed by atoms with Crippen molar-refractivity contribution < 1.29 is 9.84 Å². The number of hydrogen-bond donors (Lipinski definition) is 1. The smallest absolute Gasteiger partial charge is 0.261 e. The van der Waals surface area contributed by atoms with Gasteiger partial charge in [-0.3, -0.25) is 14.4 Å². The van der Waals surface area contributed by atoms with Crippen molar-refractivity contribution in [1.29, 1.82) is 0 Å². The van der Waals surface area contributed by atoms with Crippen LogP contribution in [0, 0.1) is 13.8 Å². The Morgan fingerprint density at radius 3 is 2.39 bits per heavy atom. The second kappa shape index (κ2) is 8.48. The summed E-state index contributed by atoms with van der Waals surface area (Å²) in [4.78, 5) is 17.8. The summed E-state index contributed by atoms with van der Waals surface area (Å²) in [6, 6.07) is 20.6. The molecule has 5 heteroatoms. The lowest BCUT2D eigenvalue weighted by atomic mass is 10.1. The molecule has 0 unspecified atom stereocenters. The predicted octanol–water partition coefficient (Wildman–Crippen LogP) is 5.13. The molecule has 1 heterocycles. The normalized spacial score (nSPS) is 11.3. The number of hydrogen-bond acceptors (Lipinski definition) is 4. The molecule has 4 rings (SSSR count). The number of ether oxygens (including phenoxy) is 1. The molecular formula is C26H24N2O3. The number of nitrogens with zero attached hydrogens (tertiary/aromatic N) is 2. The van der Waals surface area contributed by atoms with Gasteiger partial charge in [-0.05, 0) is 54.8 Å². The largest absolute Gasteiger partial charge is 0.497 e. The summed E-state index contributed by atoms with van der Waals surface area (Å²) in [6.07, 6.45) is 1.64. The zero-order chi connectivity index (χ0) is 22.0. The quantitative estimate of drug-likeness (QED) is 0.462. The van der Waals surface area contributed by atoms with E-state index in [2.05, 4.69) is 4.99 Å². The number of aromatic hydroxyl groups is 1. The Labute approximate surface area is 180 Å². The van der Waals surface area contributed by atoms with Gasteiger partial charge in [0.1, 0.15) is 5.75 Å². The molecule has 0 amide bonds. The van der Waals surface area contributed by atoms with Crippen molar-refractivity contribution in [2.24, 2.45) is 4.99 Å². The van der Waals surface area contributed by atoms with Gasteiger partial charge in [0.15, 0.2) is 0 Å². The van der Waals surface area contributed by atoms with Gasteiger partial charge in [-0.15, -0.1) is 0 Å². The summed E-state index contributed by atoms with van der Waals surface area (Å²) in [5.74, 6) is 0.633. The van der Waals surface area contributed by atoms with Crippen molar-refractivity contribution in [2.45, 2.75) is 20.4 Å². The third kappa shape index (κ3) is 3.94. The molecule has 0 spiro atoms. The first-order valence-corrected chi connectivity index (χ1v) is 10.1. The van der Waals surface area contributed by atoms with Crippen LogP contribution in [0.1, 0.15) is 22.3 Å². The van der Waals surface area contributed by atoms with Crippen molar-refractivity contribution in [3.63, 3.8) is 0 Å². The highest BCUT2D eigenvalue weighted by molar-refractivity contribution is 6.02. The van der Waals surface area contributed by atoms with Crippen molar-refractivity contribution in [3.8, 4) is 11.6 Å². The minimum atomic E-state index is -0.243. The van der Waals surface area contributed by atoms with Gasteiger partial charge < -0.3 is 9.84 Å². The average Bonchev–Trinajstić information content (AvgIpc) is 2.79. The Balaban J connectivity index is 1.85. The van der Waals surface area contributed by atoms with E-state index in [1.165, 1.54) is 4.57 Å². The maximum absolute atomic E-state index is 13.1. The molecule has 3 aromatic carbocycles. The number of aromatic nitrogens is 1. The second-order valence-electron chi connectivity index (χ2n) is 7.50. The van der Waals surface area contributed by atoms with E-state index in [-0.39, 0.29) is 18.0 Å². The van der Waals surface area contributed by atoms with E-state index in [1.807, 2.05) is 74.5 Å². The highest BCUT2D eigenvalue weighted by atomic mass is 16.5. The Morgan fingerprint density at radius 2 is 1.68 bits per heavy atom. The lowest BCUT2D eigenvalue weighted by Crippen LogP contribution is -2.22. The van der Waals surface area contributed by atoms with Crippen molar-refractivity contribution in [1.82, 2.24) is 4.57 Å². The lowest BCUT2D eigenvalue weighted by Gasteiger charge is -2.14. The molecule has 0 saturated carbocycles. The molecule has 0 atom stereocenters. The van der Waals surface area contributed by atoms with E-state index in [0.29, 0.717) is 16.3 Å². The first-order chi connectivity index (χ1) is 15.0. The van der Waals surface area contributed by atoms with Crippen LogP contribution in [-0.2, 0) is 6.54 Å². The van der Waals surface area contributed by atoms with Gasteiger partial charge in [0.05, 0.1) is 24.9 Å². The van der Waals surface area contributed by atoms with E-state index in [1.54, 1.807) is 19.4 Å². The number of pyridine rings is 1. The number of methoxy groups -OCH3 is 1. The number of benzene rings is 3. The van der Waals surface area contributed by atoms with E-state index in [9.17, 15) is 9.90 Å². The molecule has 0 aliphatic heterocycles. The van der Waals surface area contributed by atoms with E-state index in [4.69, 9.17) is 4.74 Å². The fourth-order valence-corrected chi connectivity index (χ4v) is 3.61. The van der Waals surface area contributed by atoms with E-state index in [0.717, 1.165) is 28.1 Å². The fraction of sp³-hybridized carbons (Fsp3) is 0.154. The van der Waals surface area contributed by atoms with E-state index >= 15 is 0 Å². The van der Waals surface area contributed by atoms with E-state index < -0.39 is 0 Å². The predicted molar refractivity (Wildman–Crippen MR) is 125 cm³/mol. The van der Waals surface area contributed by atoms with Gasteiger partial charge in [-0.2, -0.15) is 0 Å². The first kappa shape index (κ1) is 20.4. The number of aliphatic imine (C=N–C) groups is 1. The highest BCUT2D eigenvalue weighted by Gasteiger charge is 2.15. The van der Waals surface area contributed by atoms with Crippen LogP contribution in [-0.4, -0.2) is 23.0 Å². The Morgan fingerprint density at radius 1 is 0.968 bits per heavy atom. The van der Waals surface area contributed by atoms with Crippen molar-refractivity contribution in [2.75, 3.05) is 7.11 Å². The molecule has 1 N–H and O–H groups in total. The average molecular weight is 412 g/mol. The van der Waals surface area contributed by atoms with Crippen LogP contribution in [0.5, 0.6) is 11.6 Å². The van der Waals surface area contributed by atoms with Crippen molar-refractivity contribution >= 4 is 22.7 Å². The van der Waals surface area contributed by atoms with Gasteiger partial charge in [0.25, 0.3) is 5.56 Å². The summed E-state index contributed by atoms with van der Waals surface area (Å²) >= 11 is 0. The molecule has 1 aromatic heterocycles. The van der Waals surface area contributed by atoms with Crippen LogP contribution < -0.4 is 10.3 Å². The Hall–Kier alpha value is -3.86. The van der Waals surface area contributed by atoms with Gasteiger partial charge >= 0.3 is 0 Å². The molecule has 5 nitrogen and oxygen atoms in total. The standard InChI is InChI=1S/C26H24N2O3/c1-17-7-6-10-24(18(17)2)27-15-23-21-8-4-5-9-22(21)25(29)28(26(23)30)16-19-11-13-20(31-3)14-12-19/h4-15,30H,16H2,1-3H3. The molecule has 0 aliphatic carbocycles. The van der Waals surface area contributed by atoms with Crippen LogP contribution in [0.15, 0.2) is 76.5 Å². The molecule has 0 saturated heterocycles. The van der Waals surface area contributed by atoms with Gasteiger partial charge in [0.2, 0.25) is 5.88 Å². The summed E-state index contributed by atoms with van der Waals surface area (Å²) in [5.41, 5.74) is 4.21. The minimum Gasteiger partial charge on any atom is -0.497 e. The van der Waals surface area contributed by atoms with Gasteiger partial charge in [-0.1, -0.05) is 42.5 Å². The zero-order valence-corrected chi connectivity index (χ0v) is 17.8. The number of rotatable bonds is 5. The number of aryl methyl sites for hydroxylation is 1. The summed E-state index contributed by atoms with van der Waals surface area (Å²) < 4.78 is 6.58. The maximum atomic E-state index is 13.1. The Kier molecular flexibility index (Phi) is 5.58. The second-order valence-corrected chi connectivity index (χ2v) is 7.50. The first-order valence-electron chi connectivity index (χ1n) is 10.1. The maximum Gasteiger partial charge on any atom is 0.261 e. The van der Waals surface area contributed by atoms with Crippen molar-refractivity contribution in [3.05, 3.63) is 99.3 Å². The summed E-state index contributed by atoms with van der Waals surface area (Å²) in [7, 11) is 1.61. The molecule has 4 aromatic rings. The SMILES string of the molecule is COc1ccc(Cn2c(O)c(C=Nc3cccc(C)c3C)c3ccccc3c2=O)cc1. The van der Waals surface area contributed by atoms with Crippen LogP contribution in [0.25, 0.3) is 10.8 Å². The third-order valence-corrected chi connectivity index (χ3v) is 5.60. The fourth-order valence-electron chi connectivity index (χ4n) is 3.61. The molecular weight excluding hydrogens is 388 g/mol. The molecule has 156 valence electrons. The molecule has 31 heavy (non-hydrogen) atoms. The summed E-state index contributed by atoms with van der Waals surface area (Å²) in [6.45, 7) is 4.30. The molecule has 0 bridgehead atoms. The molecule has 0 radical (unpaired) electrons.